The molecule has 0 saturated carbocycles. The van der Waals surface area contributed by atoms with Crippen LogP contribution in [0.2, 0.25) is 0 Å². The van der Waals surface area contributed by atoms with E-state index in [1.807, 2.05) is 48.5 Å². The molecule has 2 rings (SSSR count). The molecular formula is C39H63O3P. The number of unbranched alkanes of at least 4 members (excludes halogenated alkanes) is 15. The SMILES string of the molecule is C=C(CCCCCCCCCCCCCCCC)C(c1ccc(CCCC)cc1)(c1ccc(CCCC)cc1)P(=O)(O)O. The van der Waals surface area contributed by atoms with E-state index < -0.39 is 12.8 Å². The maximum Gasteiger partial charge on any atom is 0.344 e. The Morgan fingerprint density at radius 1 is 0.558 bits per heavy atom. The first-order valence-electron chi connectivity index (χ1n) is 17.7. The second kappa shape index (κ2) is 21.1. The lowest BCUT2D eigenvalue weighted by atomic mass is 9.81. The Bertz CT molecular complexity index is 999. The summed E-state index contributed by atoms with van der Waals surface area (Å²) in [5.41, 5.74) is 4.34. The third-order valence-corrected chi connectivity index (χ3v) is 10.9. The molecule has 0 amide bonds. The van der Waals surface area contributed by atoms with Gasteiger partial charge in [0, 0.05) is 0 Å². The number of benzene rings is 2. The molecule has 0 radical (unpaired) electrons. The number of hydrogen-bond donors (Lipinski definition) is 2. The van der Waals surface area contributed by atoms with Crippen LogP contribution in [0.5, 0.6) is 0 Å². The molecule has 2 N–H and O–H groups in total. The van der Waals surface area contributed by atoms with Crippen molar-refractivity contribution in [3.05, 3.63) is 82.9 Å². The average Bonchev–Trinajstić information content (AvgIpc) is 3.00. The van der Waals surface area contributed by atoms with E-state index in [9.17, 15) is 14.4 Å². The van der Waals surface area contributed by atoms with Gasteiger partial charge in [-0.25, -0.2) is 0 Å². The van der Waals surface area contributed by atoms with E-state index in [2.05, 4.69) is 27.4 Å². The van der Waals surface area contributed by atoms with Gasteiger partial charge in [0.05, 0.1) is 0 Å². The van der Waals surface area contributed by atoms with Gasteiger partial charge in [-0.05, 0) is 60.8 Å². The van der Waals surface area contributed by atoms with Crippen LogP contribution in [0.4, 0.5) is 0 Å². The predicted octanol–water partition coefficient (Wildman–Crippen LogP) is 12.2. The summed E-state index contributed by atoms with van der Waals surface area (Å²) >= 11 is 0. The Labute approximate surface area is 265 Å². The van der Waals surface area contributed by atoms with Crippen molar-refractivity contribution in [3.63, 3.8) is 0 Å². The summed E-state index contributed by atoms with van der Waals surface area (Å²) in [5.74, 6) is 0. The third-order valence-electron chi connectivity index (χ3n) is 9.16. The summed E-state index contributed by atoms with van der Waals surface area (Å²) in [5, 5.41) is -1.53. The normalized spacial score (nSPS) is 12.1. The van der Waals surface area contributed by atoms with Gasteiger partial charge in [-0.1, -0.05) is 178 Å². The van der Waals surface area contributed by atoms with Crippen LogP contribution >= 0.6 is 7.60 Å². The summed E-state index contributed by atoms with van der Waals surface area (Å²) in [6, 6.07) is 15.9. The van der Waals surface area contributed by atoms with Gasteiger partial charge in [0.15, 0.2) is 0 Å². The molecule has 2 aromatic rings. The zero-order valence-corrected chi connectivity index (χ0v) is 28.8. The minimum atomic E-state index is -4.67. The first-order chi connectivity index (χ1) is 20.8. The fourth-order valence-electron chi connectivity index (χ4n) is 6.42. The van der Waals surface area contributed by atoms with Crippen molar-refractivity contribution < 1.29 is 14.4 Å². The molecule has 0 unspecified atom stereocenters. The summed E-state index contributed by atoms with van der Waals surface area (Å²) in [4.78, 5) is 22.2. The van der Waals surface area contributed by atoms with Gasteiger partial charge >= 0.3 is 7.60 Å². The molecule has 43 heavy (non-hydrogen) atoms. The minimum Gasteiger partial charge on any atom is -0.323 e. The summed E-state index contributed by atoms with van der Waals surface area (Å²) in [7, 11) is -4.67. The highest BCUT2D eigenvalue weighted by Crippen LogP contribution is 2.65. The Kier molecular flexibility index (Phi) is 18.4. The molecule has 0 saturated heterocycles. The second-order valence-electron chi connectivity index (χ2n) is 12.8. The maximum atomic E-state index is 13.6. The van der Waals surface area contributed by atoms with E-state index in [0.717, 1.165) is 51.4 Å². The molecule has 0 aliphatic heterocycles. The molecular weight excluding hydrogens is 547 g/mol. The Morgan fingerprint density at radius 3 is 1.21 bits per heavy atom. The molecule has 0 aliphatic carbocycles. The van der Waals surface area contributed by atoms with Crippen molar-refractivity contribution in [1.29, 1.82) is 0 Å². The highest BCUT2D eigenvalue weighted by Gasteiger charge is 2.51. The molecule has 4 heteroatoms. The van der Waals surface area contributed by atoms with Gasteiger partial charge in [-0.3, -0.25) is 4.57 Å². The third kappa shape index (κ3) is 12.3. The zero-order valence-electron chi connectivity index (χ0n) is 27.9. The second-order valence-corrected chi connectivity index (χ2v) is 14.6. The highest BCUT2D eigenvalue weighted by atomic mass is 31.2. The van der Waals surface area contributed by atoms with Gasteiger partial charge in [0.25, 0.3) is 0 Å². The van der Waals surface area contributed by atoms with Crippen LogP contribution in [0.15, 0.2) is 60.7 Å². The van der Waals surface area contributed by atoms with Crippen molar-refractivity contribution in [2.45, 2.75) is 161 Å². The molecule has 2 aromatic carbocycles. The molecule has 0 aromatic heterocycles. The smallest absolute Gasteiger partial charge is 0.323 e. The Hall–Kier alpha value is -1.67. The van der Waals surface area contributed by atoms with Gasteiger partial charge in [0.2, 0.25) is 0 Å². The molecule has 0 aliphatic rings. The standard InChI is InChI=1S/C39H63O3P/c1-5-8-11-12-13-14-15-16-17-18-19-20-21-22-23-34(4)39(43(40,41)42,37-30-26-35(27-31-37)24-9-6-2)38-32-28-36(29-33-38)25-10-7-3/h26-33H,4-25H2,1-3H3,(H2,40,41,42). The van der Waals surface area contributed by atoms with Gasteiger partial charge < -0.3 is 9.79 Å². The minimum absolute atomic E-state index is 0.609. The first-order valence-corrected chi connectivity index (χ1v) is 19.3. The number of rotatable bonds is 25. The summed E-state index contributed by atoms with van der Waals surface area (Å²) in [6.45, 7) is 11.0. The van der Waals surface area contributed by atoms with Crippen LogP contribution in [0.25, 0.3) is 0 Å². The van der Waals surface area contributed by atoms with E-state index in [0.29, 0.717) is 23.1 Å². The van der Waals surface area contributed by atoms with Crippen LogP contribution in [0.3, 0.4) is 0 Å². The molecule has 242 valence electrons. The fraction of sp³-hybridized carbons (Fsp3) is 0.641. The highest BCUT2D eigenvalue weighted by molar-refractivity contribution is 7.53. The number of hydrogen-bond acceptors (Lipinski definition) is 1. The lowest BCUT2D eigenvalue weighted by Crippen LogP contribution is -2.30. The van der Waals surface area contributed by atoms with Crippen LogP contribution in [-0.4, -0.2) is 9.79 Å². The van der Waals surface area contributed by atoms with Crippen molar-refractivity contribution >= 4 is 7.60 Å². The molecule has 0 fully saturated rings. The average molecular weight is 611 g/mol. The fourth-order valence-corrected chi connectivity index (χ4v) is 7.91. The van der Waals surface area contributed by atoms with Crippen molar-refractivity contribution in [2.75, 3.05) is 0 Å². The van der Waals surface area contributed by atoms with Gasteiger partial charge in [-0.2, -0.15) is 0 Å². The lowest BCUT2D eigenvalue weighted by molar-refractivity contribution is 0.346. The molecule has 0 atom stereocenters. The summed E-state index contributed by atoms with van der Waals surface area (Å²) in [6.07, 6.45) is 25.0. The van der Waals surface area contributed by atoms with Crippen LogP contribution in [0, 0.1) is 0 Å². The van der Waals surface area contributed by atoms with Gasteiger partial charge in [-0.15, -0.1) is 0 Å². The topological polar surface area (TPSA) is 57.5 Å². The first kappa shape index (κ1) is 37.5. The monoisotopic (exact) mass is 610 g/mol. The molecule has 0 bridgehead atoms. The molecule has 0 spiro atoms. The van der Waals surface area contributed by atoms with E-state index >= 15 is 0 Å². The summed E-state index contributed by atoms with van der Waals surface area (Å²) < 4.78 is 13.6. The van der Waals surface area contributed by atoms with Crippen LogP contribution in [0.1, 0.15) is 165 Å². The predicted molar refractivity (Wildman–Crippen MR) is 187 cm³/mol. The van der Waals surface area contributed by atoms with Crippen LogP contribution < -0.4 is 0 Å². The largest absolute Gasteiger partial charge is 0.344 e. The molecule has 3 nitrogen and oxygen atoms in total. The van der Waals surface area contributed by atoms with Crippen molar-refractivity contribution in [3.8, 4) is 0 Å². The van der Waals surface area contributed by atoms with Gasteiger partial charge in [0.1, 0.15) is 5.16 Å². The lowest BCUT2D eigenvalue weighted by Gasteiger charge is -2.38. The van der Waals surface area contributed by atoms with E-state index in [4.69, 9.17) is 0 Å². The zero-order chi connectivity index (χ0) is 31.4. The van der Waals surface area contributed by atoms with Crippen molar-refractivity contribution in [1.82, 2.24) is 0 Å². The maximum absolute atomic E-state index is 13.6. The van der Waals surface area contributed by atoms with Crippen molar-refractivity contribution in [2.24, 2.45) is 0 Å². The van der Waals surface area contributed by atoms with E-state index in [1.165, 1.54) is 88.2 Å². The quantitative estimate of drug-likeness (QED) is 0.0668. The number of aryl methyl sites for hydroxylation is 2. The van der Waals surface area contributed by atoms with E-state index in [-0.39, 0.29) is 0 Å². The Morgan fingerprint density at radius 2 is 0.884 bits per heavy atom. The Balaban J connectivity index is 2.04. The van der Waals surface area contributed by atoms with E-state index in [1.54, 1.807) is 0 Å². The number of allylic oxidation sites excluding steroid dienone is 1. The van der Waals surface area contributed by atoms with Crippen LogP contribution in [-0.2, 0) is 22.6 Å². The molecule has 0 heterocycles.